The molecule has 0 spiro atoms. The normalized spacial score (nSPS) is 10.6. The van der Waals surface area contributed by atoms with Crippen LogP contribution in [0.4, 0.5) is 5.82 Å². The van der Waals surface area contributed by atoms with Crippen LogP contribution in [0.25, 0.3) is 0 Å². The van der Waals surface area contributed by atoms with Crippen LogP contribution in [-0.4, -0.2) is 27.2 Å². The van der Waals surface area contributed by atoms with Crippen LogP contribution in [0.2, 0.25) is 0 Å². The first kappa shape index (κ1) is 20.5. The lowest BCUT2D eigenvalue weighted by molar-refractivity contribution is -0.389. The molecule has 1 N–H and O–H groups in total. The summed E-state index contributed by atoms with van der Waals surface area (Å²) in [5, 5.41) is 17.4. The van der Waals surface area contributed by atoms with E-state index in [4.69, 9.17) is 4.74 Å². The summed E-state index contributed by atoms with van der Waals surface area (Å²) >= 11 is 3.44. The van der Waals surface area contributed by atoms with E-state index in [1.807, 2.05) is 36.4 Å². The third kappa shape index (κ3) is 5.41. The molecule has 0 aliphatic heterocycles. The molecule has 0 atom stereocenters. The van der Waals surface area contributed by atoms with Crippen molar-refractivity contribution in [1.29, 1.82) is 0 Å². The van der Waals surface area contributed by atoms with Gasteiger partial charge in [0.1, 0.15) is 12.4 Å². The summed E-state index contributed by atoms with van der Waals surface area (Å²) in [7, 11) is 0. The van der Waals surface area contributed by atoms with Gasteiger partial charge >= 0.3 is 5.82 Å². The highest BCUT2D eigenvalue weighted by molar-refractivity contribution is 9.10. The van der Waals surface area contributed by atoms with E-state index in [-0.39, 0.29) is 11.7 Å². The third-order valence-electron chi connectivity index (χ3n) is 4.21. The molecule has 0 unspecified atom stereocenters. The van der Waals surface area contributed by atoms with E-state index in [1.54, 1.807) is 19.1 Å². The fourth-order valence-electron chi connectivity index (χ4n) is 2.66. The number of nitrogens with one attached hydrogen (secondary N) is 1. The molecule has 0 aliphatic rings. The zero-order valence-electron chi connectivity index (χ0n) is 15.7. The number of hydrogen-bond donors (Lipinski definition) is 1. The number of rotatable bonds is 8. The van der Waals surface area contributed by atoms with E-state index >= 15 is 0 Å². The molecule has 3 aromatic rings. The zero-order chi connectivity index (χ0) is 20.8. The number of halogens is 1. The van der Waals surface area contributed by atoms with Crippen molar-refractivity contribution in [2.75, 3.05) is 6.54 Å². The number of hydrogen-bond acceptors (Lipinski definition) is 5. The smallest absolute Gasteiger partial charge is 0.390 e. The van der Waals surface area contributed by atoms with Crippen LogP contribution in [0.15, 0.2) is 59.1 Å². The van der Waals surface area contributed by atoms with E-state index in [9.17, 15) is 14.9 Å². The summed E-state index contributed by atoms with van der Waals surface area (Å²) < 4.78 is 8.15. The predicted molar refractivity (Wildman–Crippen MR) is 111 cm³/mol. The van der Waals surface area contributed by atoms with E-state index < -0.39 is 4.92 Å². The molecule has 1 aromatic heterocycles. The van der Waals surface area contributed by atoms with Crippen molar-refractivity contribution in [1.82, 2.24) is 15.1 Å². The molecule has 0 fully saturated rings. The number of carbonyl (C=O) groups is 1. The van der Waals surface area contributed by atoms with Gasteiger partial charge in [0, 0.05) is 12.1 Å². The van der Waals surface area contributed by atoms with Gasteiger partial charge in [-0.15, -0.1) is 0 Å². The highest BCUT2D eigenvalue weighted by atomic mass is 79.9. The summed E-state index contributed by atoms with van der Waals surface area (Å²) in [6, 6.07) is 16.1. The van der Waals surface area contributed by atoms with Crippen molar-refractivity contribution < 1.29 is 14.5 Å². The van der Waals surface area contributed by atoms with Crippen molar-refractivity contribution in [2.24, 2.45) is 0 Å². The number of benzene rings is 2. The van der Waals surface area contributed by atoms with E-state index in [0.29, 0.717) is 31.0 Å². The molecule has 0 saturated heterocycles. The summed E-state index contributed by atoms with van der Waals surface area (Å²) in [6.45, 7) is 2.78. The SMILES string of the molecule is Cc1cc([N+](=O)[O-])nn1CCNC(=O)c1ccc(COc2ccccc2Br)cc1. The molecule has 0 aliphatic carbocycles. The number of amides is 1. The molecule has 3 rings (SSSR count). The first-order valence-corrected chi connectivity index (χ1v) is 9.66. The van der Waals surface area contributed by atoms with Crippen LogP contribution in [0.1, 0.15) is 21.6 Å². The number of aryl methyl sites for hydroxylation is 1. The highest BCUT2D eigenvalue weighted by Gasteiger charge is 2.15. The largest absolute Gasteiger partial charge is 0.488 e. The van der Waals surface area contributed by atoms with Gasteiger partial charge in [-0.25, -0.2) is 0 Å². The van der Waals surface area contributed by atoms with Gasteiger partial charge in [-0.05, 0) is 57.6 Å². The number of ether oxygens (including phenoxy) is 1. The Morgan fingerprint density at radius 3 is 2.62 bits per heavy atom. The molecule has 0 saturated carbocycles. The molecule has 150 valence electrons. The Labute approximate surface area is 175 Å². The van der Waals surface area contributed by atoms with Crippen molar-refractivity contribution in [3.05, 3.63) is 86.0 Å². The maximum atomic E-state index is 12.3. The maximum absolute atomic E-state index is 12.3. The van der Waals surface area contributed by atoms with Gasteiger partial charge in [0.25, 0.3) is 5.91 Å². The number of nitrogens with zero attached hydrogens (tertiary/aromatic N) is 3. The monoisotopic (exact) mass is 458 g/mol. The van der Waals surface area contributed by atoms with Gasteiger partial charge in [0.2, 0.25) is 0 Å². The Hall–Kier alpha value is -3.20. The summed E-state index contributed by atoms with van der Waals surface area (Å²) in [6.07, 6.45) is 0. The lowest BCUT2D eigenvalue weighted by Gasteiger charge is -2.09. The second-order valence-electron chi connectivity index (χ2n) is 6.30. The van der Waals surface area contributed by atoms with E-state index in [2.05, 4.69) is 26.3 Å². The second kappa shape index (κ2) is 9.33. The van der Waals surface area contributed by atoms with Crippen LogP contribution >= 0.6 is 15.9 Å². The van der Waals surface area contributed by atoms with Gasteiger partial charge in [-0.1, -0.05) is 24.3 Å². The lowest BCUT2D eigenvalue weighted by Crippen LogP contribution is -2.27. The fourth-order valence-corrected chi connectivity index (χ4v) is 3.06. The molecule has 8 nitrogen and oxygen atoms in total. The zero-order valence-corrected chi connectivity index (χ0v) is 17.3. The van der Waals surface area contributed by atoms with Crippen molar-refractivity contribution in [2.45, 2.75) is 20.1 Å². The van der Waals surface area contributed by atoms with Gasteiger partial charge in [-0.2, -0.15) is 4.68 Å². The first-order valence-electron chi connectivity index (χ1n) is 8.87. The Balaban J connectivity index is 1.50. The second-order valence-corrected chi connectivity index (χ2v) is 7.15. The highest BCUT2D eigenvalue weighted by Crippen LogP contribution is 2.24. The van der Waals surface area contributed by atoms with Crippen molar-refractivity contribution >= 4 is 27.7 Å². The summed E-state index contributed by atoms with van der Waals surface area (Å²) in [5.74, 6) is 0.334. The van der Waals surface area contributed by atoms with Crippen LogP contribution in [0.3, 0.4) is 0 Å². The number of aromatic nitrogens is 2. The molecule has 0 bridgehead atoms. The van der Waals surface area contributed by atoms with Gasteiger partial charge in [0.15, 0.2) is 0 Å². The lowest BCUT2D eigenvalue weighted by atomic mass is 10.1. The fraction of sp³-hybridized carbons (Fsp3) is 0.200. The Morgan fingerprint density at radius 2 is 1.97 bits per heavy atom. The minimum Gasteiger partial charge on any atom is -0.488 e. The average Bonchev–Trinajstić information content (AvgIpc) is 3.09. The Morgan fingerprint density at radius 1 is 1.24 bits per heavy atom. The number of para-hydroxylation sites is 1. The standard InChI is InChI=1S/C20H19BrN4O4/c1-14-12-19(25(27)28)23-24(14)11-10-22-20(26)16-8-6-15(7-9-16)13-29-18-5-3-2-4-17(18)21/h2-9,12H,10-11,13H2,1H3,(H,22,26). The Bertz CT molecular complexity index is 1020. The molecule has 0 radical (unpaired) electrons. The minimum absolute atomic E-state index is 0.200. The maximum Gasteiger partial charge on any atom is 0.390 e. The third-order valence-corrected chi connectivity index (χ3v) is 4.87. The Kier molecular flexibility index (Phi) is 6.61. The van der Waals surface area contributed by atoms with Crippen LogP contribution < -0.4 is 10.1 Å². The molecular weight excluding hydrogens is 440 g/mol. The first-order chi connectivity index (χ1) is 13.9. The number of nitro groups is 1. The van der Waals surface area contributed by atoms with Gasteiger partial charge in [-0.3, -0.25) is 4.79 Å². The minimum atomic E-state index is -0.538. The molecular formula is C20H19BrN4O4. The van der Waals surface area contributed by atoms with Gasteiger partial charge in [0.05, 0.1) is 27.9 Å². The van der Waals surface area contributed by atoms with Crippen molar-refractivity contribution in [3.63, 3.8) is 0 Å². The molecule has 29 heavy (non-hydrogen) atoms. The van der Waals surface area contributed by atoms with Crippen LogP contribution in [0.5, 0.6) is 5.75 Å². The van der Waals surface area contributed by atoms with Crippen molar-refractivity contribution in [3.8, 4) is 5.75 Å². The average molecular weight is 459 g/mol. The van der Waals surface area contributed by atoms with E-state index in [1.165, 1.54) is 10.7 Å². The molecule has 1 heterocycles. The summed E-state index contributed by atoms with van der Waals surface area (Å²) in [4.78, 5) is 22.5. The van der Waals surface area contributed by atoms with Crippen LogP contribution in [0, 0.1) is 17.0 Å². The van der Waals surface area contributed by atoms with Gasteiger partial charge < -0.3 is 20.2 Å². The summed E-state index contributed by atoms with van der Waals surface area (Å²) in [5.41, 5.74) is 2.13. The quantitative estimate of drug-likeness (QED) is 0.407. The predicted octanol–water partition coefficient (Wildman–Crippen LogP) is 3.87. The molecule has 9 heteroatoms. The van der Waals surface area contributed by atoms with E-state index in [0.717, 1.165) is 15.8 Å². The van der Waals surface area contributed by atoms with Crippen LogP contribution in [-0.2, 0) is 13.2 Å². The topological polar surface area (TPSA) is 99.3 Å². The molecule has 1 amide bonds. The number of carbonyl (C=O) groups excluding carboxylic acids is 1. The molecule has 2 aromatic carbocycles.